The molecule has 23 heavy (non-hydrogen) atoms. The molecule has 2 aromatic rings. The Morgan fingerprint density at radius 1 is 1.17 bits per heavy atom. The minimum atomic E-state index is -4.44. The van der Waals surface area contributed by atoms with Gasteiger partial charge in [0.1, 0.15) is 18.2 Å². The third-order valence-electron chi connectivity index (χ3n) is 3.10. The molecule has 0 aliphatic heterocycles. The molecule has 0 bridgehead atoms. The lowest BCUT2D eigenvalue weighted by Crippen LogP contribution is -2.06. The molecule has 0 spiro atoms. The van der Waals surface area contributed by atoms with Crippen molar-refractivity contribution in [3.63, 3.8) is 0 Å². The highest BCUT2D eigenvalue weighted by molar-refractivity contribution is 5.87. The van der Waals surface area contributed by atoms with Crippen molar-refractivity contribution in [2.75, 3.05) is 0 Å². The predicted octanol–water partition coefficient (Wildman–Crippen LogP) is 4.43. The summed E-state index contributed by atoms with van der Waals surface area (Å²) in [7, 11) is 0. The van der Waals surface area contributed by atoms with Crippen molar-refractivity contribution in [3.8, 4) is 5.75 Å². The van der Waals surface area contributed by atoms with Crippen molar-refractivity contribution in [3.05, 3.63) is 64.5 Å². The number of carboxylic acids is 1. The molecular formula is C16H12F4O3. The Bertz CT molecular complexity index is 739. The standard InChI is InChI=1S/C16H12F4O3/c1-9-4-12(16(18,19)20)2-3-14(9)23-8-10-5-11(15(21)22)7-13(17)6-10/h2-7H,8H2,1H3,(H,21,22). The maximum Gasteiger partial charge on any atom is 0.416 e. The Morgan fingerprint density at radius 3 is 2.43 bits per heavy atom. The molecule has 0 amide bonds. The maximum absolute atomic E-state index is 13.3. The van der Waals surface area contributed by atoms with Crippen molar-refractivity contribution in [1.29, 1.82) is 0 Å². The molecule has 0 unspecified atom stereocenters. The number of benzene rings is 2. The summed E-state index contributed by atoms with van der Waals surface area (Å²) in [5.74, 6) is -1.80. The average Bonchev–Trinajstić information content (AvgIpc) is 2.44. The molecule has 0 aliphatic rings. The van der Waals surface area contributed by atoms with Crippen molar-refractivity contribution >= 4 is 5.97 Å². The van der Waals surface area contributed by atoms with E-state index in [9.17, 15) is 22.4 Å². The van der Waals surface area contributed by atoms with Crippen LogP contribution in [0.3, 0.4) is 0 Å². The molecule has 1 N–H and O–H groups in total. The van der Waals surface area contributed by atoms with E-state index < -0.39 is 23.5 Å². The lowest BCUT2D eigenvalue weighted by molar-refractivity contribution is -0.137. The Morgan fingerprint density at radius 2 is 1.87 bits per heavy atom. The Hall–Kier alpha value is -2.57. The second-order valence-corrected chi connectivity index (χ2v) is 4.92. The summed E-state index contributed by atoms with van der Waals surface area (Å²) in [6, 6.07) is 6.22. The van der Waals surface area contributed by atoms with E-state index in [4.69, 9.17) is 9.84 Å². The molecule has 0 aliphatic carbocycles. The topological polar surface area (TPSA) is 46.5 Å². The first-order valence-electron chi connectivity index (χ1n) is 6.50. The molecule has 0 radical (unpaired) electrons. The average molecular weight is 328 g/mol. The largest absolute Gasteiger partial charge is 0.489 e. The maximum atomic E-state index is 13.3. The molecule has 122 valence electrons. The van der Waals surface area contributed by atoms with Crippen molar-refractivity contribution < 1.29 is 32.2 Å². The van der Waals surface area contributed by atoms with Gasteiger partial charge in [0.2, 0.25) is 0 Å². The summed E-state index contributed by atoms with van der Waals surface area (Å²) in [4.78, 5) is 10.9. The van der Waals surface area contributed by atoms with Crippen molar-refractivity contribution in [2.45, 2.75) is 19.7 Å². The van der Waals surface area contributed by atoms with E-state index in [1.54, 1.807) is 0 Å². The third kappa shape index (κ3) is 4.21. The van der Waals surface area contributed by atoms with Crippen LogP contribution < -0.4 is 4.74 Å². The highest BCUT2D eigenvalue weighted by atomic mass is 19.4. The second-order valence-electron chi connectivity index (χ2n) is 4.92. The summed E-state index contributed by atoms with van der Waals surface area (Å²) in [5, 5.41) is 8.86. The third-order valence-corrected chi connectivity index (χ3v) is 3.10. The van der Waals surface area contributed by atoms with E-state index in [-0.39, 0.29) is 29.0 Å². The summed E-state index contributed by atoms with van der Waals surface area (Å²) < 4.78 is 56.4. The van der Waals surface area contributed by atoms with Gasteiger partial charge in [-0.1, -0.05) is 0 Å². The van der Waals surface area contributed by atoms with Crippen LogP contribution in [0.15, 0.2) is 36.4 Å². The molecule has 0 heterocycles. The number of carbonyl (C=O) groups is 1. The number of hydrogen-bond donors (Lipinski definition) is 1. The van der Waals surface area contributed by atoms with Gasteiger partial charge in [0, 0.05) is 0 Å². The van der Waals surface area contributed by atoms with Gasteiger partial charge in [-0.05, 0) is 54.4 Å². The summed E-state index contributed by atoms with van der Waals surface area (Å²) >= 11 is 0. The number of aryl methyl sites for hydroxylation is 1. The highest BCUT2D eigenvalue weighted by Gasteiger charge is 2.30. The van der Waals surface area contributed by atoms with E-state index in [1.807, 2.05) is 0 Å². The number of rotatable bonds is 4. The lowest BCUT2D eigenvalue weighted by atomic mass is 10.1. The Kier molecular flexibility index (Phi) is 4.58. The smallest absolute Gasteiger partial charge is 0.416 e. The Labute approximate surface area is 129 Å². The molecule has 0 aromatic heterocycles. The summed E-state index contributed by atoms with van der Waals surface area (Å²) in [6.45, 7) is 1.29. The summed E-state index contributed by atoms with van der Waals surface area (Å²) in [6.07, 6.45) is -4.44. The molecule has 0 saturated carbocycles. The fourth-order valence-corrected chi connectivity index (χ4v) is 2.01. The molecular weight excluding hydrogens is 316 g/mol. The van der Waals surface area contributed by atoms with Gasteiger partial charge in [-0.15, -0.1) is 0 Å². The first-order valence-corrected chi connectivity index (χ1v) is 6.50. The van der Waals surface area contributed by atoms with Gasteiger partial charge in [0.05, 0.1) is 11.1 Å². The van der Waals surface area contributed by atoms with E-state index in [1.165, 1.54) is 19.1 Å². The first-order chi connectivity index (χ1) is 10.7. The zero-order valence-electron chi connectivity index (χ0n) is 11.9. The molecule has 0 atom stereocenters. The number of ether oxygens (including phenoxy) is 1. The van der Waals surface area contributed by atoms with Gasteiger partial charge in [-0.2, -0.15) is 13.2 Å². The van der Waals surface area contributed by atoms with E-state index in [0.717, 1.165) is 24.3 Å². The van der Waals surface area contributed by atoms with E-state index in [0.29, 0.717) is 0 Å². The minimum Gasteiger partial charge on any atom is -0.489 e. The van der Waals surface area contributed by atoms with Gasteiger partial charge in [0.25, 0.3) is 0 Å². The Balaban J connectivity index is 2.17. The van der Waals surface area contributed by atoms with Crippen LogP contribution in [-0.2, 0) is 12.8 Å². The van der Waals surface area contributed by atoms with Crippen molar-refractivity contribution in [2.24, 2.45) is 0 Å². The van der Waals surface area contributed by atoms with Crippen LogP contribution >= 0.6 is 0 Å². The van der Waals surface area contributed by atoms with E-state index in [2.05, 4.69) is 0 Å². The zero-order valence-corrected chi connectivity index (χ0v) is 11.9. The van der Waals surface area contributed by atoms with E-state index >= 15 is 0 Å². The van der Waals surface area contributed by atoms with Gasteiger partial charge in [-0.25, -0.2) is 9.18 Å². The normalized spacial score (nSPS) is 11.3. The highest BCUT2D eigenvalue weighted by Crippen LogP contribution is 2.32. The number of carboxylic acid groups (broad SMARTS) is 1. The van der Waals surface area contributed by atoms with Crippen LogP contribution in [0, 0.1) is 12.7 Å². The van der Waals surface area contributed by atoms with Crippen LogP contribution in [0.2, 0.25) is 0 Å². The SMILES string of the molecule is Cc1cc(C(F)(F)F)ccc1OCc1cc(F)cc(C(=O)O)c1. The summed E-state index contributed by atoms with van der Waals surface area (Å²) in [5.41, 5.74) is -0.481. The predicted molar refractivity (Wildman–Crippen MR) is 73.9 cm³/mol. The molecule has 7 heteroatoms. The van der Waals surface area contributed by atoms with Gasteiger partial charge >= 0.3 is 12.1 Å². The van der Waals surface area contributed by atoms with Crippen LogP contribution in [0.25, 0.3) is 0 Å². The molecule has 3 nitrogen and oxygen atoms in total. The van der Waals surface area contributed by atoms with Crippen LogP contribution in [0.5, 0.6) is 5.75 Å². The van der Waals surface area contributed by atoms with Gasteiger partial charge in [0.15, 0.2) is 0 Å². The van der Waals surface area contributed by atoms with Crippen LogP contribution in [0.4, 0.5) is 17.6 Å². The first kappa shape index (κ1) is 16.8. The molecule has 0 saturated heterocycles. The fourth-order valence-electron chi connectivity index (χ4n) is 2.01. The molecule has 2 aromatic carbocycles. The molecule has 0 fully saturated rings. The van der Waals surface area contributed by atoms with Gasteiger partial charge in [-0.3, -0.25) is 0 Å². The number of halogens is 4. The second kappa shape index (κ2) is 6.28. The number of hydrogen-bond acceptors (Lipinski definition) is 2. The van der Waals surface area contributed by atoms with Gasteiger partial charge < -0.3 is 9.84 Å². The minimum absolute atomic E-state index is 0.162. The quantitative estimate of drug-likeness (QED) is 0.845. The monoisotopic (exact) mass is 328 g/mol. The fraction of sp³-hybridized carbons (Fsp3) is 0.188. The van der Waals surface area contributed by atoms with Crippen molar-refractivity contribution in [1.82, 2.24) is 0 Å². The van der Waals surface area contributed by atoms with Crippen LogP contribution in [-0.4, -0.2) is 11.1 Å². The number of alkyl halides is 3. The molecule has 2 rings (SSSR count). The number of aromatic carboxylic acids is 1. The van der Waals surface area contributed by atoms with Crippen LogP contribution in [0.1, 0.15) is 27.0 Å². The zero-order chi connectivity index (χ0) is 17.2. The lowest BCUT2D eigenvalue weighted by Gasteiger charge is -2.12.